The first-order valence-electron chi connectivity index (χ1n) is 8.54. The van der Waals surface area contributed by atoms with Gasteiger partial charge in [0.15, 0.2) is 5.65 Å². The maximum absolute atomic E-state index is 12.2. The van der Waals surface area contributed by atoms with Crippen LogP contribution in [0.4, 0.5) is 0 Å². The minimum atomic E-state index is -0.0272. The summed E-state index contributed by atoms with van der Waals surface area (Å²) in [7, 11) is 0. The van der Waals surface area contributed by atoms with Crippen molar-refractivity contribution >= 4 is 28.8 Å². The number of hydrogen-bond acceptors (Lipinski definition) is 4. The fraction of sp³-hybridized carbons (Fsp3) is 0.316. The Bertz CT molecular complexity index is 829. The van der Waals surface area contributed by atoms with Crippen molar-refractivity contribution in [1.29, 1.82) is 0 Å². The molecule has 3 rings (SSSR count). The van der Waals surface area contributed by atoms with Crippen LogP contribution in [0.25, 0.3) is 16.9 Å². The standard InChI is InChI=1S/C19H22N4OS/c1-2-12-25-13-4-11-21-19(24)15-6-8-16(9-7-15)23-14-22-17-5-3-10-20-18(17)23/h3,5-10,14H,2,4,11-13H2,1H3,(H,21,24). The molecule has 0 saturated heterocycles. The number of carbonyl (C=O) groups excluding carboxylic acids is 1. The molecule has 0 saturated carbocycles. The Morgan fingerprint density at radius 3 is 2.80 bits per heavy atom. The number of amides is 1. The van der Waals surface area contributed by atoms with Gasteiger partial charge in [-0.05, 0) is 60.7 Å². The summed E-state index contributed by atoms with van der Waals surface area (Å²) >= 11 is 1.94. The molecule has 0 bridgehead atoms. The summed E-state index contributed by atoms with van der Waals surface area (Å²) in [6.45, 7) is 2.90. The second kappa shape index (κ2) is 8.67. The maximum atomic E-state index is 12.2. The van der Waals surface area contributed by atoms with Gasteiger partial charge in [-0.2, -0.15) is 11.8 Å². The molecule has 25 heavy (non-hydrogen) atoms. The number of nitrogens with zero attached hydrogens (tertiary/aromatic N) is 3. The van der Waals surface area contributed by atoms with E-state index in [9.17, 15) is 4.79 Å². The summed E-state index contributed by atoms with van der Waals surface area (Å²) in [5.74, 6) is 2.25. The third-order valence-corrected chi connectivity index (χ3v) is 5.09. The Hall–Kier alpha value is -2.34. The van der Waals surface area contributed by atoms with Gasteiger partial charge in [0.25, 0.3) is 5.91 Å². The zero-order valence-corrected chi connectivity index (χ0v) is 15.1. The second-order valence-electron chi connectivity index (χ2n) is 5.73. The number of fused-ring (bicyclic) bond motifs is 1. The Morgan fingerprint density at radius 1 is 1.16 bits per heavy atom. The van der Waals surface area contributed by atoms with Gasteiger partial charge in [0.05, 0.1) is 0 Å². The van der Waals surface area contributed by atoms with Gasteiger partial charge in [-0.25, -0.2) is 9.97 Å². The van der Waals surface area contributed by atoms with E-state index in [-0.39, 0.29) is 5.91 Å². The van der Waals surface area contributed by atoms with Crippen LogP contribution in [0.1, 0.15) is 30.1 Å². The molecule has 1 N–H and O–H groups in total. The normalized spacial score (nSPS) is 10.9. The molecule has 0 spiro atoms. The molecule has 0 unspecified atom stereocenters. The topological polar surface area (TPSA) is 59.8 Å². The average molecular weight is 354 g/mol. The SMILES string of the molecule is CCCSCCCNC(=O)c1ccc(-n2cnc3cccnc32)cc1. The minimum Gasteiger partial charge on any atom is -0.352 e. The van der Waals surface area contributed by atoms with Crippen LogP contribution in [0.3, 0.4) is 0 Å². The van der Waals surface area contributed by atoms with Crippen molar-refractivity contribution in [2.45, 2.75) is 19.8 Å². The van der Waals surface area contributed by atoms with Crippen LogP contribution in [0.2, 0.25) is 0 Å². The second-order valence-corrected chi connectivity index (χ2v) is 6.95. The molecule has 2 aromatic heterocycles. The highest BCUT2D eigenvalue weighted by Crippen LogP contribution is 2.16. The summed E-state index contributed by atoms with van der Waals surface area (Å²) in [4.78, 5) is 20.9. The van der Waals surface area contributed by atoms with Gasteiger partial charge in [-0.3, -0.25) is 9.36 Å². The smallest absolute Gasteiger partial charge is 0.251 e. The highest BCUT2D eigenvalue weighted by molar-refractivity contribution is 7.99. The fourth-order valence-corrected chi connectivity index (χ4v) is 3.38. The molecule has 130 valence electrons. The summed E-state index contributed by atoms with van der Waals surface area (Å²) < 4.78 is 1.92. The summed E-state index contributed by atoms with van der Waals surface area (Å²) in [5.41, 5.74) is 3.27. The van der Waals surface area contributed by atoms with Gasteiger partial charge in [0.1, 0.15) is 11.8 Å². The number of nitrogens with one attached hydrogen (secondary N) is 1. The number of thioether (sulfide) groups is 1. The van der Waals surface area contributed by atoms with Crippen LogP contribution in [-0.4, -0.2) is 38.5 Å². The van der Waals surface area contributed by atoms with E-state index in [1.165, 1.54) is 12.2 Å². The van der Waals surface area contributed by atoms with Gasteiger partial charge in [0, 0.05) is 24.0 Å². The number of imidazole rings is 1. The van der Waals surface area contributed by atoms with Gasteiger partial charge in [-0.1, -0.05) is 6.92 Å². The van der Waals surface area contributed by atoms with Crippen molar-refractivity contribution in [3.63, 3.8) is 0 Å². The molecule has 1 amide bonds. The Kier molecular flexibility index (Phi) is 6.06. The molecular weight excluding hydrogens is 332 g/mol. The molecule has 0 radical (unpaired) electrons. The van der Waals surface area contributed by atoms with Gasteiger partial charge >= 0.3 is 0 Å². The van der Waals surface area contributed by atoms with Crippen molar-refractivity contribution in [3.05, 3.63) is 54.5 Å². The number of carbonyl (C=O) groups is 1. The lowest BCUT2D eigenvalue weighted by Crippen LogP contribution is -2.24. The number of aromatic nitrogens is 3. The number of rotatable bonds is 8. The zero-order chi connectivity index (χ0) is 17.5. The molecule has 1 aromatic carbocycles. The van der Waals surface area contributed by atoms with Crippen LogP contribution in [0.5, 0.6) is 0 Å². The van der Waals surface area contributed by atoms with E-state index in [0.29, 0.717) is 12.1 Å². The molecule has 0 aliphatic carbocycles. The van der Waals surface area contributed by atoms with Crippen molar-refractivity contribution in [2.24, 2.45) is 0 Å². The molecule has 5 nitrogen and oxygen atoms in total. The van der Waals surface area contributed by atoms with E-state index in [1.807, 2.05) is 52.7 Å². The first-order valence-corrected chi connectivity index (χ1v) is 9.69. The van der Waals surface area contributed by atoms with E-state index < -0.39 is 0 Å². The molecule has 0 atom stereocenters. The Labute approximate surface area is 151 Å². The number of pyridine rings is 1. The third kappa shape index (κ3) is 4.39. The van der Waals surface area contributed by atoms with E-state index in [2.05, 4.69) is 22.2 Å². The van der Waals surface area contributed by atoms with Crippen LogP contribution in [0.15, 0.2) is 48.9 Å². The van der Waals surface area contributed by atoms with Crippen LogP contribution < -0.4 is 5.32 Å². The van der Waals surface area contributed by atoms with Crippen LogP contribution in [0, 0.1) is 0 Å². The molecule has 2 heterocycles. The highest BCUT2D eigenvalue weighted by atomic mass is 32.2. The van der Waals surface area contributed by atoms with Crippen LogP contribution in [-0.2, 0) is 0 Å². The van der Waals surface area contributed by atoms with Crippen molar-refractivity contribution in [3.8, 4) is 5.69 Å². The lowest BCUT2D eigenvalue weighted by atomic mass is 10.2. The number of hydrogen-bond donors (Lipinski definition) is 1. The number of benzene rings is 1. The summed E-state index contributed by atoms with van der Waals surface area (Å²) in [6, 6.07) is 11.3. The van der Waals surface area contributed by atoms with Gasteiger partial charge in [-0.15, -0.1) is 0 Å². The molecular formula is C19H22N4OS. The van der Waals surface area contributed by atoms with E-state index in [4.69, 9.17) is 0 Å². The largest absolute Gasteiger partial charge is 0.352 e. The van der Waals surface area contributed by atoms with Gasteiger partial charge in [0.2, 0.25) is 0 Å². The first kappa shape index (κ1) is 17.5. The van der Waals surface area contributed by atoms with E-state index >= 15 is 0 Å². The predicted molar refractivity (Wildman–Crippen MR) is 103 cm³/mol. The van der Waals surface area contributed by atoms with Crippen molar-refractivity contribution in [2.75, 3.05) is 18.1 Å². The monoisotopic (exact) mass is 354 g/mol. The average Bonchev–Trinajstić information content (AvgIpc) is 3.08. The lowest BCUT2D eigenvalue weighted by Gasteiger charge is -2.07. The molecule has 0 aliphatic heterocycles. The molecule has 3 aromatic rings. The minimum absolute atomic E-state index is 0.0272. The van der Waals surface area contributed by atoms with Crippen LogP contribution >= 0.6 is 11.8 Å². The Morgan fingerprint density at radius 2 is 2.00 bits per heavy atom. The van der Waals surface area contributed by atoms with Crippen molar-refractivity contribution in [1.82, 2.24) is 19.9 Å². The third-order valence-electron chi connectivity index (χ3n) is 3.81. The first-order chi connectivity index (χ1) is 12.3. The Balaban J connectivity index is 1.59. The molecule has 0 aliphatic rings. The predicted octanol–water partition coefficient (Wildman–Crippen LogP) is 3.68. The fourth-order valence-electron chi connectivity index (χ4n) is 2.54. The quantitative estimate of drug-likeness (QED) is 0.627. The van der Waals surface area contributed by atoms with Gasteiger partial charge < -0.3 is 5.32 Å². The van der Waals surface area contributed by atoms with E-state index in [1.54, 1.807) is 12.5 Å². The maximum Gasteiger partial charge on any atom is 0.251 e. The van der Waals surface area contributed by atoms with E-state index in [0.717, 1.165) is 29.0 Å². The summed E-state index contributed by atoms with van der Waals surface area (Å²) in [6.07, 6.45) is 5.70. The molecule has 6 heteroatoms. The summed E-state index contributed by atoms with van der Waals surface area (Å²) in [5, 5.41) is 2.98. The molecule has 0 fully saturated rings. The van der Waals surface area contributed by atoms with Crippen molar-refractivity contribution < 1.29 is 4.79 Å². The highest BCUT2D eigenvalue weighted by Gasteiger charge is 2.08. The zero-order valence-electron chi connectivity index (χ0n) is 14.3. The lowest BCUT2D eigenvalue weighted by molar-refractivity contribution is 0.0954.